The molecule has 1 heterocycles. The molecular formula is C8H19N2O4Sn+. The van der Waals surface area contributed by atoms with Gasteiger partial charge in [-0.1, -0.05) is 0 Å². The molecule has 15 heavy (non-hydrogen) atoms. The number of hydrogen-bond donors (Lipinski definition) is 3. The van der Waals surface area contributed by atoms with Crippen LogP contribution in [0.15, 0.2) is 0 Å². The van der Waals surface area contributed by atoms with Crippen LogP contribution >= 0.6 is 0 Å². The Hall–Kier alpha value is 0.559. The Bertz CT molecular complexity index is 145. The molecule has 1 aliphatic rings. The maximum absolute atomic E-state index is 7.82. The molecule has 1 aliphatic heterocycles. The Morgan fingerprint density at radius 2 is 2.00 bits per heavy atom. The quantitative estimate of drug-likeness (QED) is 0.289. The Balaban J connectivity index is 1.97. The van der Waals surface area contributed by atoms with Gasteiger partial charge in [-0.15, -0.1) is 0 Å². The van der Waals surface area contributed by atoms with Crippen LogP contribution in [0.5, 0.6) is 0 Å². The van der Waals surface area contributed by atoms with E-state index < -0.39 is 19.8 Å². The summed E-state index contributed by atoms with van der Waals surface area (Å²) in [6.07, 6.45) is 2.64. The first-order chi connectivity index (χ1) is 7.43. The summed E-state index contributed by atoms with van der Waals surface area (Å²) in [5, 5.41) is 14.6. The Morgan fingerprint density at radius 3 is 2.67 bits per heavy atom. The molecule has 0 unspecified atom stereocenters. The Labute approximate surface area is 96.8 Å². The molecule has 1 fully saturated rings. The van der Waals surface area contributed by atoms with E-state index in [4.69, 9.17) is 10.1 Å². The summed E-state index contributed by atoms with van der Waals surface area (Å²) < 4.78 is 4.08. The molecule has 3 N–H and O–H groups in total. The second kappa shape index (κ2) is 9.76. The number of rotatable bonds is 6. The van der Waals surface area contributed by atoms with Crippen molar-refractivity contribution >= 4 is 19.8 Å². The van der Waals surface area contributed by atoms with Crippen molar-refractivity contribution in [3.63, 3.8) is 0 Å². The van der Waals surface area contributed by atoms with Crippen molar-refractivity contribution in [2.45, 2.75) is 26.2 Å². The van der Waals surface area contributed by atoms with E-state index in [0.29, 0.717) is 6.61 Å². The van der Waals surface area contributed by atoms with E-state index in [2.05, 4.69) is 15.3 Å². The summed E-state index contributed by atoms with van der Waals surface area (Å²) in [6.45, 7) is 2.99. The van der Waals surface area contributed by atoms with Gasteiger partial charge in [0.2, 0.25) is 0 Å². The molecule has 0 aliphatic carbocycles. The molecule has 0 atom stereocenters. The van der Waals surface area contributed by atoms with Gasteiger partial charge >= 0.3 is 96.7 Å². The molecule has 0 aromatic rings. The van der Waals surface area contributed by atoms with Gasteiger partial charge in [-0.05, 0) is 0 Å². The van der Waals surface area contributed by atoms with Gasteiger partial charge in [0, 0.05) is 0 Å². The second-order valence-corrected chi connectivity index (χ2v) is 12.1. The molecule has 6 nitrogen and oxygen atoms in total. The second-order valence-electron chi connectivity index (χ2n) is 3.55. The monoisotopic (exact) mass is 327 g/mol. The average Bonchev–Trinajstić information content (AvgIpc) is 2.20. The predicted molar refractivity (Wildman–Crippen MR) is 56.2 cm³/mol. The molecule has 0 spiro atoms. The standard InChI is InChI=1S/C6H13N.C2H6NO4.Sn/c1-3-5-7-6-4-2;1-2-5-3-6-7-4;/h7H,1-6H2;3-4H,1-2H2;/q;;+1. The van der Waals surface area contributed by atoms with E-state index in [1.807, 2.05) is 5.64 Å². The number of hydrogen-bond acceptors (Lipinski definition) is 6. The van der Waals surface area contributed by atoms with Gasteiger partial charge in [-0.3, -0.25) is 0 Å². The summed E-state index contributed by atoms with van der Waals surface area (Å²) in [5.74, 6) is 0. The van der Waals surface area contributed by atoms with Gasteiger partial charge in [0.05, 0.1) is 0 Å². The fraction of sp³-hybridized carbons (Fsp3) is 1.00. The van der Waals surface area contributed by atoms with Gasteiger partial charge in [0.1, 0.15) is 0 Å². The van der Waals surface area contributed by atoms with Crippen LogP contribution in [-0.2, 0) is 14.9 Å². The molecule has 7 heteroatoms. The third-order valence-electron chi connectivity index (χ3n) is 2.46. The predicted octanol–water partition coefficient (Wildman–Crippen LogP) is 0.722. The molecular weight excluding hydrogens is 307 g/mol. The van der Waals surface area contributed by atoms with Crippen molar-refractivity contribution in [2.75, 3.05) is 19.7 Å². The zero-order chi connectivity index (χ0) is 10.8. The molecule has 1 saturated heterocycles. The summed E-state index contributed by atoms with van der Waals surface area (Å²) in [4.78, 5) is 8.89. The van der Waals surface area contributed by atoms with Gasteiger partial charge < -0.3 is 0 Å². The molecule has 0 saturated carbocycles. The summed E-state index contributed by atoms with van der Waals surface area (Å²) in [6, 6.07) is 0. The summed E-state index contributed by atoms with van der Waals surface area (Å²) >= 11 is -1.17. The van der Waals surface area contributed by atoms with Crippen molar-refractivity contribution in [2.24, 2.45) is 0 Å². The Kier molecular flexibility index (Phi) is 8.87. The van der Waals surface area contributed by atoms with E-state index in [1.54, 1.807) is 0 Å². The van der Waals surface area contributed by atoms with Gasteiger partial charge in [0.15, 0.2) is 0 Å². The molecule has 0 bridgehead atoms. The van der Waals surface area contributed by atoms with Crippen LogP contribution in [0.2, 0.25) is 13.3 Å². The molecule has 88 valence electrons. The normalized spacial score (nSPS) is 18.6. The minimum absolute atomic E-state index is 0.644. The van der Waals surface area contributed by atoms with E-state index in [9.17, 15) is 0 Å². The van der Waals surface area contributed by atoms with Crippen molar-refractivity contribution in [1.29, 1.82) is 0 Å². The van der Waals surface area contributed by atoms with Crippen molar-refractivity contribution in [1.82, 2.24) is 11.0 Å². The topological polar surface area (TPSA) is 72.0 Å². The first-order valence-electron chi connectivity index (χ1n) is 5.31. The van der Waals surface area contributed by atoms with E-state index in [1.165, 1.54) is 39.2 Å². The van der Waals surface area contributed by atoms with Crippen molar-refractivity contribution in [3.8, 4) is 0 Å². The van der Waals surface area contributed by atoms with Gasteiger partial charge in [0.25, 0.3) is 0 Å². The summed E-state index contributed by atoms with van der Waals surface area (Å²) in [5.41, 5.74) is 2.05. The molecule has 0 radical (unpaired) electrons. The van der Waals surface area contributed by atoms with Crippen LogP contribution in [0.25, 0.3) is 0 Å². The average molecular weight is 326 g/mol. The summed E-state index contributed by atoms with van der Waals surface area (Å²) in [7, 11) is 0. The van der Waals surface area contributed by atoms with Crippen molar-refractivity contribution in [3.05, 3.63) is 0 Å². The fourth-order valence-corrected chi connectivity index (χ4v) is 8.82. The van der Waals surface area contributed by atoms with Crippen LogP contribution in [0, 0.1) is 0 Å². The number of nitrogens with one attached hydrogen (secondary N) is 2. The third kappa shape index (κ3) is 7.45. The molecule has 0 aromatic carbocycles. The first-order valence-corrected chi connectivity index (χ1v) is 11.4. The third-order valence-corrected chi connectivity index (χ3v) is 11.1. The van der Waals surface area contributed by atoms with Crippen LogP contribution in [-0.4, -0.2) is 44.7 Å². The van der Waals surface area contributed by atoms with E-state index in [0.717, 1.165) is 0 Å². The Morgan fingerprint density at radius 1 is 1.27 bits per heavy atom. The SMILES string of the molecule is OOONOC[CH2][Sn+]1[CH2]CCNCC[CH2]1. The first kappa shape index (κ1) is 13.6. The van der Waals surface area contributed by atoms with Crippen LogP contribution in [0.1, 0.15) is 12.8 Å². The van der Waals surface area contributed by atoms with Crippen LogP contribution < -0.4 is 11.0 Å². The molecule has 0 amide bonds. The minimum atomic E-state index is -1.17. The zero-order valence-electron chi connectivity index (χ0n) is 8.83. The van der Waals surface area contributed by atoms with E-state index in [-0.39, 0.29) is 0 Å². The molecule has 1 rings (SSSR count). The van der Waals surface area contributed by atoms with Gasteiger partial charge in [-0.2, -0.15) is 0 Å². The molecule has 0 aromatic heterocycles. The van der Waals surface area contributed by atoms with Crippen LogP contribution in [0.3, 0.4) is 0 Å². The maximum atomic E-state index is 7.82. The van der Waals surface area contributed by atoms with Crippen LogP contribution in [0.4, 0.5) is 0 Å². The van der Waals surface area contributed by atoms with Gasteiger partial charge in [-0.25, -0.2) is 0 Å². The fourth-order valence-electron chi connectivity index (χ4n) is 1.70. The van der Waals surface area contributed by atoms with E-state index >= 15 is 0 Å². The zero-order valence-corrected chi connectivity index (χ0v) is 11.7. The van der Waals surface area contributed by atoms with Crippen molar-refractivity contribution < 1.29 is 20.1 Å².